The van der Waals surface area contributed by atoms with Crippen molar-refractivity contribution in [3.63, 3.8) is 0 Å². The van der Waals surface area contributed by atoms with Gasteiger partial charge in [-0.3, -0.25) is 4.40 Å². The van der Waals surface area contributed by atoms with Crippen LogP contribution in [-0.2, 0) is 12.6 Å². The summed E-state index contributed by atoms with van der Waals surface area (Å²) in [6, 6.07) is 2.09. The fourth-order valence-electron chi connectivity index (χ4n) is 1.53. The molecule has 0 aliphatic heterocycles. The van der Waals surface area contributed by atoms with Crippen molar-refractivity contribution in [2.45, 2.75) is 25.6 Å². The zero-order chi connectivity index (χ0) is 12.6. The van der Waals surface area contributed by atoms with Crippen molar-refractivity contribution in [2.24, 2.45) is 5.73 Å². The van der Waals surface area contributed by atoms with E-state index >= 15 is 0 Å². The van der Waals surface area contributed by atoms with E-state index in [0.717, 1.165) is 12.3 Å². The van der Waals surface area contributed by atoms with Crippen LogP contribution in [0.25, 0.3) is 5.65 Å². The van der Waals surface area contributed by atoms with Crippen LogP contribution in [0.1, 0.15) is 18.3 Å². The Balaban J connectivity index is 2.50. The van der Waals surface area contributed by atoms with Crippen LogP contribution in [0.5, 0.6) is 0 Å². The van der Waals surface area contributed by atoms with Crippen LogP contribution >= 0.6 is 0 Å². The molecule has 0 aliphatic rings. The molecule has 0 aliphatic carbocycles. The van der Waals surface area contributed by atoms with E-state index in [-0.39, 0.29) is 6.04 Å². The van der Waals surface area contributed by atoms with Gasteiger partial charge in [0.25, 0.3) is 0 Å². The molecule has 2 rings (SSSR count). The standard InChI is InChI=1S/C10H11F3N4/c1-6(14)4-9-16-15-8-3-2-7(5-17(8)9)10(11,12)13/h2-3,5-6H,4,14H2,1H3. The lowest BCUT2D eigenvalue weighted by Crippen LogP contribution is -2.19. The maximum absolute atomic E-state index is 12.5. The molecular formula is C10H11F3N4. The molecule has 17 heavy (non-hydrogen) atoms. The lowest BCUT2D eigenvalue weighted by Gasteiger charge is -2.08. The van der Waals surface area contributed by atoms with Gasteiger partial charge in [-0.25, -0.2) is 0 Å². The molecule has 0 saturated carbocycles. The van der Waals surface area contributed by atoms with Gasteiger partial charge in [0.1, 0.15) is 5.82 Å². The number of halogens is 3. The highest BCUT2D eigenvalue weighted by atomic mass is 19.4. The van der Waals surface area contributed by atoms with Gasteiger partial charge >= 0.3 is 6.18 Å². The van der Waals surface area contributed by atoms with Crippen molar-refractivity contribution in [1.82, 2.24) is 14.6 Å². The molecule has 4 nitrogen and oxygen atoms in total. The van der Waals surface area contributed by atoms with Crippen molar-refractivity contribution in [3.8, 4) is 0 Å². The second-order valence-electron chi connectivity index (χ2n) is 3.94. The molecule has 0 spiro atoms. The minimum absolute atomic E-state index is 0.183. The highest BCUT2D eigenvalue weighted by Gasteiger charge is 2.31. The Labute approximate surface area is 95.3 Å². The van der Waals surface area contributed by atoms with Crippen LogP contribution in [0.4, 0.5) is 13.2 Å². The average Bonchev–Trinajstić information content (AvgIpc) is 2.59. The van der Waals surface area contributed by atoms with E-state index in [1.807, 2.05) is 0 Å². The molecule has 7 heteroatoms. The molecule has 0 saturated heterocycles. The molecule has 1 atom stereocenters. The molecule has 2 heterocycles. The molecule has 2 aromatic heterocycles. The Bertz CT molecular complexity index is 530. The Morgan fingerprint density at radius 1 is 1.35 bits per heavy atom. The van der Waals surface area contributed by atoms with E-state index < -0.39 is 11.7 Å². The third-order valence-electron chi connectivity index (χ3n) is 2.30. The Hall–Kier alpha value is -1.63. The Morgan fingerprint density at radius 2 is 2.06 bits per heavy atom. The first kappa shape index (κ1) is 11.8. The zero-order valence-electron chi connectivity index (χ0n) is 9.07. The molecule has 0 radical (unpaired) electrons. The lowest BCUT2D eigenvalue weighted by molar-refractivity contribution is -0.137. The molecule has 92 valence electrons. The lowest BCUT2D eigenvalue weighted by atomic mass is 10.2. The summed E-state index contributed by atoms with van der Waals surface area (Å²) in [7, 11) is 0. The fraction of sp³-hybridized carbons (Fsp3) is 0.400. The first-order chi connectivity index (χ1) is 7.88. The minimum atomic E-state index is -4.37. The maximum atomic E-state index is 12.5. The fourth-order valence-corrected chi connectivity index (χ4v) is 1.53. The summed E-state index contributed by atoms with van der Waals surface area (Å²) in [5.41, 5.74) is 5.25. The molecule has 0 amide bonds. The average molecular weight is 244 g/mol. The van der Waals surface area contributed by atoms with Crippen molar-refractivity contribution >= 4 is 5.65 Å². The van der Waals surface area contributed by atoms with Crippen LogP contribution in [0.3, 0.4) is 0 Å². The zero-order valence-corrected chi connectivity index (χ0v) is 9.07. The van der Waals surface area contributed by atoms with Gasteiger partial charge < -0.3 is 5.73 Å². The quantitative estimate of drug-likeness (QED) is 0.873. The van der Waals surface area contributed by atoms with Crippen molar-refractivity contribution < 1.29 is 13.2 Å². The van der Waals surface area contributed by atoms with E-state index in [2.05, 4.69) is 10.2 Å². The first-order valence-electron chi connectivity index (χ1n) is 5.04. The second-order valence-corrected chi connectivity index (χ2v) is 3.94. The highest BCUT2D eigenvalue weighted by Crippen LogP contribution is 2.29. The van der Waals surface area contributed by atoms with Gasteiger partial charge in [0.05, 0.1) is 5.56 Å². The van der Waals surface area contributed by atoms with Crippen molar-refractivity contribution in [1.29, 1.82) is 0 Å². The van der Waals surface area contributed by atoms with Crippen LogP contribution in [-0.4, -0.2) is 20.6 Å². The molecule has 0 fully saturated rings. The first-order valence-corrected chi connectivity index (χ1v) is 5.04. The summed E-state index contributed by atoms with van der Waals surface area (Å²) in [5, 5.41) is 7.61. The SMILES string of the molecule is CC(N)Cc1nnc2ccc(C(F)(F)F)cn12. The van der Waals surface area contributed by atoms with Gasteiger partial charge in [0.2, 0.25) is 0 Å². The summed E-state index contributed by atoms with van der Waals surface area (Å²) in [6.45, 7) is 1.76. The van der Waals surface area contributed by atoms with Crippen LogP contribution < -0.4 is 5.73 Å². The minimum Gasteiger partial charge on any atom is -0.328 e. The summed E-state index contributed by atoms with van der Waals surface area (Å²) in [6.07, 6.45) is -3.00. The summed E-state index contributed by atoms with van der Waals surface area (Å²) >= 11 is 0. The number of aromatic nitrogens is 3. The van der Waals surface area contributed by atoms with E-state index in [0.29, 0.717) is 17.9 Å². The van der Waals surface area contributed by atoms with Gasteiger partial charge in [0.15, 0.2) is 5.65 Å². The maximum Gasteiger partial charge on any atom is 0.417 e. The van der Waals surface area contributed by atoms with Gasteiger partial charge in [0, 0.05) is 18.7 Å². The smallest absolute Gasteiger partial charge is 0.328 e. The third kappa shape index (κ3) is 2.38. The predicted octanol–water partition coefficient (Wildman–Crippen LogP) is 1.64. The van der Waals surface area contributed by atoms with Gasteiger partial charge in [-0.2, -0.15) is 13.2 Å². The second kappa shape index (κ2) is 3.99. The number of rotatable bonds is 2. The molecular weight excluding hydrogens is 233 g/mol. The van der Waals surface area contributed by atoms with E-state index in [4.69, 9.17) is 5.73 Å². The number of hydrogen-bond donors (Lipinski definition) is 1. The molecule has 2 aromatic rings. The normalized spacial score (nSPS) is 14.2. The predicted molar refractivity (Wildman–Crippen MR) is 55.3 cm³/mol. The summed E-state index contributed by atoms with van der Waals surface area (Å²) in [4.78, 5) is 0. The summed E-state index contributed by atoms with van der Waals surface area (Å²) < 4.78 is 38.9. The Kier molecular flexibility index (Phi) is 2.78. The topological polar surface area (TPSA) is 56.2 Å². The molecule has 0 aromatic carbocycles. The number of alkyl halides is 3. The number of fused-ring (bicyclic) bond motifs is 1. The third-order valence-corrected chi connectivity index (χ3v) is 2.30. The van der Waals surface area contributed by atoms with Crippen molar-refractivity contribution in [2.75, 3.05) is 0 Å². The number of hydrogen-bond acceptors (Lipinski definition) is 3. The Morgan fingerprint density at radius 3 is 2.65 bits per heavy atom. The van der Waals surface area contributed by atoms with Crippen molar-refractivity contribution in [3.05, 3.63) is 29.7 Å². The van der Waals surface area contributed by atoms with Crippen LogP contribution in [0.2, 0.25) is 0 Å². The van der Waals surface area contributed by atoms with Gasteiger partial charge in [-0.05, 0) is 19.1 Å². The highest BCUT2D eigenvalue weighted by molar-refractivity contribution is 5.40. The van der Waals surface area contributed by atoms with E-state index in [9.17, 15) is 13.2 Å². The van der Waals surface area contributed by atoms with Crippen LogP contribution in [0, 0.1) is 0 Å². The van der Waals surface area contributed by atoms with Crippen LogP contribution in [0.15, 0.2) is 18.3 Å². The molecule has 0 bridgehead atoms. The monoisotopic (exact) mass is 244 g/mol. The molecule has 1 unspecified atom stereocenters. The van der Waals surface area contributed by atoms with E-state index in [1.165, 1.54) is 10.5 Å². The van der Waals surface area contributed by atoms with Gasteiger partial charge in [-0.1, -0.05) is 0 Å². The number of nitrogens with two attached hydrogens (primary N) is 1. The number of pyridine rings is 1. The number of nitrogens with zero attached hydrogens (tertiary/aromatic N) is 3. The van der Waals surface area contributed by atoms with Gasteiger partial charge in [-0.15, -0.1) is 10.2 Å². The van der Waals surface area contributed by atoms with E-state index in [1.54, 1.807) is 6.92 Å². The largest absolute Gasteiger partial charge is 0.417 e. The summed E-state index contributed by atoms with van der Waals surface area (Å²) in [5.74, 6) is 0.432. The molecule has 2 N–H and O–H groups in total.